The summed E-state index contributed by atoms with van der Waals surface area (Å²) >= 11 is 0. The van der Waals surface area contributed by atoms with E-state index >= 15 is 0 Å². The lowest BCUT2D eigenvalue weighted by atomic mass is 9.97. The maximum absolute atomic E-state index is 9.64. The molecular weight excluding hydrogens is 298 g/mol. The minimum atomic E-state index is 0.263. The van der Waals surface area contributed by atoms with Crippen molar-refractivity contribution in [2.45, 2.75) is 13.5 Å². The molecule has 0 amide bonds. The molecule has 4 nitrogen and oxygen atoms in total. The molecule has 24 heavy (non-hydrogen) atoms. The van der Waals surface area contributed by atoms with Crippen LogP contribution in [0.2, 0.25) is 0 Å². The summed E-state index contributed by atoms with van der Waals surface area (Å²) in [6.07, 6.45) is 0. The SMILES string of the molecule is Cc1ccccc1C(=NCc1cccc(O)c1)C1=C(N)CN(C)C1. The van der Waals surface area contributed by atoms with Gasteiger partial charge >= 0.3 is 0 Å². The lowest BCUT2D eigenvalue weighted by Crippen LogP contribution is -2.18. The number of nitrogens with two attached hydrogens (primary N) is 1. The zero-order valence-corrected chi connectivity index (χ0v) is 14.2. The van der Waals surface area contributed by atoms with Crippen molar-refractivity contribution >= 4 is 5.71 Å². The summed E-state index contributed by atoms with van der Waals surface area (Å²) in [4.78, 5) is 7.06. The Balaban J connectivity index is 2.01. The van der Waals surface area contributed by atoms with Crippen molar-refractivity contribution < 1.29 is 5.11 Å². The Bertz CT molecular complexity index is 808. The fourth-order valence-corrected chi connectivity index (χ4v) is 3.05. The molecule has 1 aliphatic heterocycles. The van der Waals surface area contributed by atoms with Crippen LogP contribution in [0.1, 0.15) is 16.7 Å². The minimum absolute atomic E-state index is 0.263. The van der Waals surface area contributed by atoms with Crippen LogP contribution < -0.4 is 5.73 Å². The Labute approximate surface area is 143 Å². The van der Waals surface area contributed by atoms with Crippen LogP contribution in [0, 0.1) is 6.92 Å². The molecule has 0 aromatic heterocycles. The number of aromatic hydroxyl groups is 1. The molecule has 0 fully saturated rings. The van der Waals surface area contributed by atoms with E-state index in [1.165, 1.54) is 5.56 Å². The quantitative estimate of drug-likeness (QED) is 0.851. The summed E-state index contributed by atoms with van der Waals surface area (Å²) in [6.45, 7) is 4.18. The summed E-state index contributed by atoms with van der Waals surface area (Å²) in [6, 6.07) is 15.5. The predicted molar refractivity (Wildman–Crippen MR) is 98.2 cm³/mol. The average Bonchev–Trinajstić information content (AvgIpc) is 2.88. The molecule has 1 aliphatic rings. The van der Waals surface area contributed by atoms with Crippen molar-refractivity contribution in [2.75, 3.05) is 20.1 Å². The zero-order chi connectivity index (χ0) is 17.1. The number of benzene rings is 2. The number of hydrogen-bond acceptors (Lipinski definition) is 4. The van der Waals surface area contributed by atoms with Crippen LogP contribution in [0.25, 0.3) is 0 Å². The van der Waals surface area contributed by atoms with Crippen molar-refractivity contribution in [3.8, 4) is 5.75 Å². The van der Waals surface area contributed by atoms with E-state index in [0.717, 1.165) is 41.2 Å². The van der Waals surface area contributed by atoms with E-state index < -0.39 is 0 Å². The van der Waals surface area contributed by atoms with Gasteiger partial charge < -0.3 is 10.8 Å². The second-order valence-corrected chi connectivity index (χ2v) is 6.33. The Morgan fingerprint density at radius 2 is 1.96 bits per heavy atom. The molecule has 1 heterocycles. The van der Waals surface area contributed by atoms with Crippen molar-refractivity contribution in [3.63, 3.8) is 0 Å². The molecule has 0 unspecified atom stereocenters. The molecule has 3 rings (SSSR count). The molecule has 0 saturated carbocycles. The molecule has 0 bridgehead atoms. The van der Waals surface area contributed by atoms with Crippen LogP contribution in [0.15, 0.2) is 64.8 Å². The molecule has 4 heteroatoms. The second-order valence-electron chi connectivity index (χ2n) is 6.33. The number of hydrogen-bond donors (Lipinski definition) is 2. The number of phenols is 1. The van der Waals surface area contributed by atoms with Gasteiger partial charge in [0.2, 0.25) is 0 Å². The van der Waals surface area contributed by atoms with Gasteiger partial charge in [0.25, 0.3) is 0 Å². The van der Waals surface area contributed by atoms with Crippen LogP contribution in [-0.4, -0.2) is 35.9 Å². The highest BCUT2D eigenvalue weighted by molar-refractivity contribution is 6.14. The standard InChI is InChI=1S/C20H23N3O/c1-14-6-3-4-9-17(14)20(18-12-23(2)13-19(18)21)22-11-15-7-5-8-16(24)10-15/h3-10,24H,11-13,21H2,1-2H3. The fourth-order valence-electron chi connectivity index (χ4n) is 3.05. The third-order valence-electron chi connectivity index (χ3n) is 4.27. The van der Waals surface area contributed by atoms with Gasteiger partial charge in [-0.2, -0.15) is 0 Å². The summed E-state index contributed by atoms with van der Waals surface area (Å²) in [5.41, 5.74) is 12.5. The first-order valence-electron chi connectivity index (χ1n) is 8.09. The van der Waals surface area contributed by atoms with Crippen molar-refractivity contribution in [1.82, 2.24) is 4.90 Å². The first-order chi connectivity index (χ1) is 11.5. The zero-order valence-electron chi connectivity index (χ0n) is 14.2. The van der Waals surface area contributed by atoms with Gasteiger partial charge in [0.1, 0.15) is 5.75 Å². The largest absolute Gasteiger partial charge is 0.508 e. The van der Waals surface area contributed by atoms with E-state index in [4.69, 9.17) is 10.7 Å². The molecule has 0 saturated heterocycles. The lowest BCUT2D eigenvalue weighted by Gasteiger charge is -2.13. The first-order valence-corrected chi connectivity index (χ1v) is 8.09. The monoisotopic (exact) mass is 321 g/mol. The van der Waals surface area contributed by atoms with Crippen LogP contribution in [0.4, 0.5) is 0 Å². The highest BCUT2D eigenvalue weighted by atomic mass is 16.3. The molecule has 0 atom stereocenters. The van der Waals surface area contributed by atoms with Gasteiger partial charge in [-0.15, -0.1) is 0 Å². The summed E-state index contributed by atoms with van der Waals surface area (Å²) < 4.78 is 0. The maximum atomic E-state index is 9.64. The topological polar surface area (TPSA) is 61.9 Å². The molecule has 3 N–H and O–H groups in total. The molecular formula is C20H23N3O. The second kappa shape index (κ2) is 6.89. The number of aryl methyl sites for hydroxylation is 1. The Kier molecular flexibility index (Phi) is 4.67. The van der Waals surface area contributed by atoms with Gasteiger partial charge in [-0.1, -0.05) is 36.4 Å². The van der Waals surface area contributed by atoms with Gasteiger partial charge in [-0.05, 0) is 37.2 Å². The highest BCUT2D eigenvalue weighted by Gasteiger charge is 2.22. The number of phenolic OH excluding ortho intramolecular Hbond substituents is 1. The lowest BCUT2D eigenvalue weighted by molar-refractivity contribution is 0.426. The van der Waals surface area contributed by atoms with Crippen LogP contribution in [0.5, 0.6) is 5.75 Å². The Morgan fingerprint density at radius 3 is 2.62 bits per heavy atom. The minimum Gasteiger partial charge on any atom is -0.508 e. The molecule has 124 valence electrons. The summed E-state index contributed by atoms with van der Waals surface area (Å²) in [5, 5.41) is 9.64. The Hall–Kier alpha value is -2.59. The fraction of sp³-hybridized carbons (Fsp3) is 0.250. The van der Waals surface area contributed by atoms with Crippen molar-refractivity contribution in [2.24, 2.45) is 10.7 Å². The van der Waals surface area contributed by atoms with Crippen LogP contribution in [0.3, 0.4) is 0 Å². The number of aliphatic imine (C=N–C) groups is 1. The van der Waals surface area contributed by atoms with Gasteiger partial charge in [-0.3, -0.25) is 9.89 Å². The summed E-state index contributed by atoms with van der Waals surface area (Å²) in [5.74, 6) is 0.263. The molecule has 0 radical (unpaired) electrons. The van der Waals surface area contributed by atoms with E-state index in [0.29, 0.717) is 6.54 Å². The molecule has 0 aliphatic carbocycles. The molecule has 0 spiro atoms. The number of rotatable bonds is 4. The van der Waals surface area contributed by atoms with Gasteiger partial charge in [0.15, 0.2) is 0 Å². The third-order valence-corrected chi connectivity index (χ3v) is 4.27. The van der Waals surface area contributed by atoms with Gasteiger partial charge in [0.05, 0.1) is 12.3 Å². The van der Waals surface area contributed by atoms with E-state index in [2.05, 4.69) is 31.0 Å². The smallest absolute Gasteiger partial charge is 0.115 e. The molecule has 2 aromatic carbocycles. The van der Waals surface area contributed by atoms with Crippen molar-refractivity contribution in [1.29, 1.82) is 0 Å². The normalized spacial score (nSPS) is 16.0. The number of likely N-dealkylation sites (N-methyl/N-ethyl adjacent to an activating group) is 1. The number of nitrogens with zero attached hydrogens (tertiary/aromatic N) is 2. The highest BCUT2D eigenvalue weighted by Crippen LogP contribution is 2.22. The maximum Gasteiger partial charge on any atom is 0.115 e. The van der Waals surface area contributed by atoms with Gasteiger partial charge in [-0.25, -0.2) is 0 Å². The van der Waals surface area contributed by atoms with Crippen LogP contribution in [-0.2, 0) is 6.54 Å². The van der Waals surface area contributed by atoms with Gasteiger partial charge in [0, 0.05) is 29.9 Å². The summed E-state index contributed by atoms with van der Waals surface area (Å²) in [7, 11) is 2.06. The van der Waals surface area contributed by atoms with E-state index in [9.17, 15) is 5.11 Å². The predicted octanol–water partition coefficient (Wildman–Crippen LogP) is 2.85. The average molecular weight is 321 g/mol. The first kappa shape index (κ1) is 16.3. The van der Waals surface area contributed by atoms with E-state index in [1.54, 1.807) is 12.1 Å². The van der Waals surface area contributed by atoms with Crippen LogP contribution >= 0.6 is 0 Å². The third kappa shape index (κ3) is 3.49. The van der Waals surface area contributed by atoms with Crippen molar-refractivity contribution in [3.05, 3.63) is 76.5 Å². The van der Waals surface area contributed by atoms with E-state index in [1.807, 2.05) is 24.3 Å². The Morgan fingerprint density at radius 1 is 1.17 bits per heavy atom. The van der Waals surface area contributed by atoms with E-state index in [-0.39, 0.29) is 5.75 Å². The molecule has 2 aromatic rings.